The van der Waals surface area contributed by atoms with Crippen molar-refractivity contribution in [2.24, 2.45) is 22.7 Å². The molecule has 7 heteroatoms. The van der Waals surface area contributed by atoms with E-state index in [0.717, 1.165) is 22.7 Å². The van der Waals surface area contributed by atoms with Crippen LogP contribution in [0.25, 0.3) is 0 Å². The van der Waals surface area contributed by atoms with Crippen molar-refractivity contribution in [3.8, 4) is 0 Å². The number of carbonyl (C=O) groups is 2. The van der Waals surface area contributed by atoms with Gasteiger partial charge in [0.05, 0.1) is 24.1 Å². The standard InChI is InChI=1S/C21H27NO5S/c1-20(2)16-8-9-21(20)13-28(26,27)22(17(21)12-16)19(25)15(11-18(23)24)10-14-6-4-3-5-7-14/h3-7,15-17H,8-13H2,1-2H3,(H,23,24)/t15-,16+,17+,21+/m0/s1. The van der Waals surface area contributed by atoms with E-state index in [1.165, 1.54) is 0 Å². The number of hydrogen-bond acceptors (Lipinski definition) is 4. The highest BCUT2D eigenvalue weighted by Crippen LogP contribution is 2.70. The van der Waals surface area contributed by atoms with Gasteiger partial charge >= 0.3 is 5.97 Å². The number of benzene rings is 1. The highest BCUT2D eigenvalue weighted by atomic mass is 32.2. The summed E-state index contributed by atoms with van der Waals surface area (Å²) in [5.74, 6) is -2.10. The Labute approximate surface area is 166 Å². The Bertz CT molecular complexity index is 910. The minimum absolute atomic E-state index is 0.00500. The number of sulfonamides is 1. The SMILES string of the molecule is CC1(C)[C@@H]2CC[C@]13CS(=O)(=O)N(C(=O)[C@H](CC(=O)O)Cc1ccccc1)[C@@H]3C2. The van der Waals surface area contributed by atoms with E-state index in [-0.39, 0.29) is 30.1 Å². The van der Waals surface area contributed by atoms with Crippen LogP contribution in [0, 0.1) is 22.7 Å². The predicted octanol–water partition coefficient (Wildman–Crippen LogP) is 2.69. The van der Waals surface area contributed by atoms with Crippen LogP contribution < -0.4 is 0 Å². The first-order valence-electron chi connectivity index (χ1n) is 9.90. The molecule has 1 N–H and O–H groups in total. The van der Waals surface area contributed by atoms with Gasteiger partial charge in [-0.2, -0.15) is 0 Å². The summed E-state index contributed by atoms with van der Waals surface area (Å²) in [4.78, 5) is 24.8. The second kappa shape index (κ2) is 6.31. The van der Waals surface area contributed by atoms with Crippen molar-refractivity contribution in [1.29, 1.82) is 0 Å². The van der Waals surface area contributed by atoms with Crippen LogP contribution in [-0.2, 0) is 26.0 Å². The van der Waals surface area contributed by atoms with Gasteiger partial charge in [-0.15, -0.1) is 0 Å². The number of aliphatic carboxylic acids is 1. The maximum atomic E-state index is 13.4. The molecule has 152 valence electrons. The molecule has 6 nitrogen and oxygen atoms in total. The summed E-state index contributed by atoms with van der Waals surface area (Å²) in [5, 5.41) is 9.34. The van der Waals surface area contributed by atoms with Gasteiger partial charge in [-0.1, -0.05) is 44.2 Å². The Morgan fingerprint density at radius 3 is 2.54 bits per heavy atom. The van der Waals surface area contributed by atoms with Gasteiger partial charge in [0.2, 0.25) is 15.9 Å². The zero-order valence-corrected chi connectivity index (χ0v) is 17.1. The number of hydrogen-bond donors (Lipinski definition) is 1. The number of carboxylic acid groups (broad SMARTS) is 1. The molecule has 1 amide bonds. The molecule has 0 aromatic heterocycles. The summed E-state index contributed by atoms with van der Waals surface area (Å²) in [6, 6.07) is 8.86. The molecule has 3 fully saturated rings. The fraction of sp³-hybridized carbons (Fsp3) is 0.619. The van der Waals surface area contributed by atoms with Gasteiger partial charge in [0, 0.05) is 5.41 Å². The number of carbonyl (C=O) groups excluding carboxylic acids is 1. The highest BCUT2D eigenvalue weighted by Gasteiger charge is 2.72. The van der Waals surface area contributed by atoms with E-state index in [4.69, 9.17) is 0 Å². The average Bonchev–Trinajstić information content (AvgIpc) is 3.08. The van der Waals surface area contributed by atoms with Crippen molar-refractivity contribution in [1.82, 2.24) is 4.31 Å². The summed E-state index contributed by atoms with van der Waals surface area (Å²) in [6.07, 6.45) is 2.38. The van der Waals surface area contributed by atoms with Crippen molar-refractivity contribution < 1.29 is 23.1 Å². The first-order chi connectivity index (χ1) is 13.1. The smallest absolute Gasteiger partial charge is 0.304 e. The van der Waals surface area contributed by atoms with E-state index in [1.807, 2.05) is 30.3 Å². The summed E-state index contributed by atoms with van der Waals surface area (Å²) in [5.41, 5.74) is 0.315. The molecule has 1 aromatic rings. The Hall–Kier alpha value is -1.89. The molecule has 4 rings (SSSR count). The van der Waals surface area contributed by atoms with Gasteiger partial charge < -0.3 is 5.11 Å². The van der Waals surface area contributed by atoms with Gasteiger partial charge in [0.1, 0.15) is 0 Å². The first-order valence-corrected chi connectivity index (χ1v) is 11.5. The normalized spacial score (nSPS) is 32.9. The fourth-order valence-corrected chi connectivity index (χ4v) is 8.71. The minimum Gasteiger partial charge on any atom is -0.481 e. The van der Waals surface area contributed by atoms with Crippen molar-refractivity contribution in [3.63, 3.8) is 0 Å². The van der Waals surface area contributed by atoms with E-state index in [9.17, 15) is 23.1 Å². The Kier molecular flexibility index (Phi) is 4.38. The third-order valence-corrected chi connectivity index (χ3v) is 9.64. The lowest BCUT2D eigenvalue weighted by Gasteiger charge is -2.37. The van der Waals surface area contributed by atoms with Crippen LogP contribution in [0.3, 0.4) is 0 Å². The van der Waals surface area contributed by atoms with Crippen molar-refractivity contribution in [2.45, 2.75) is 52.0 Å². The molecule has 1 aromatic carbocycles. The van der Waals surface area contributed by atoms with Gasteiger partial charge in [0.15, 0.2) is 0 Å². The Morgan fingerprint density at radius 1 is 1.25 bits per heavy atom. The maximum Gasteiger partial charge on any atom is 0.304 e. The van der Waals surface area contributed by atoms with Gasteiger partial charge in [-0.3, -0.25) is 9.59 Å². The van der Waals surface area contributed by atoms with E-state index in [2.05, 4.69) is 13.8 Å². The molecule has 2 bridgehead atoms. The van der Waals surface area contributed by atoms with Gasteiger partial charge in [-0.05, 0) is 42.6 Å². The summed E-state index contributed by atoms with van der Waals surface area (Å²) in [7, 11) is -3.74. The third kappa shape index (κ3) is 2.70. The zero-order chi connectivity index (χ0) is 20.3. The molecular formula is C21H27NO5S. The molecule has 2 aliphatic carbocycles. The number of fused-ring (bicyclic) bond motifs is 1. The second-order valence-corrected chi connectivity index (χ2v) is 11.1. The largest absolute Gasteiger partial charge is 0.481 e. The zero-order valence-electron chi connectivity index (χ0n) is 16.3. The third-order valence-electron chi connectivity index (χ3n) is 7.72. The molecule has 28 heavy (non-hydrogen) atoms. The average molecular weight is 406 g/mol. The van der Waals surface area contributed by atoms with Crippen LogP contribution in [0.5, 0.6) is 0 Å². The lowest BCUT2D eigenvalue weighted by molar-refractivity contribution is -0.143. The molecule has 0 radical (unpaired) electrons. The molecule has 2 saturated carbocycles. The fourth-order valence-electron chi connectivity index (χ4n) is 6.12. The van der Waals surface area contributed by atoms with Crippen LogP contribution in [0.4, 0.5) is 0 Å². The predicted molar refractivity (Wildman–Crippen MR) is 104 cm³/mol. The van der Waals surface area contributed by atoms with Crippen molar-refractivity contribution >= 4 is 21.9 Å². The number of carboxylic acids is 1. The number of amides is 1. The van der Waals surface area contributed by atoms with Crippen LogP contribution in [0.1, 0.15) is 45.1 Å². The molecular weight excluding hydrogens is 378 g/mol. The molecule has 3 aliphatic rings. The monoisotopic (exact) mass is 405 g/mol. The van der Waals surface area contributed by atoms with Crippen molar-refractivity contribution in [3.05, 3.63) is 35.9 Å². The van der Waals surface area contributed by atoms with Gasteiger partial charge in [-0.25, -0.2) is 12.7 Å². The molecule has 4 atom stereocenters. The van der Waals surface area contributed by atoms with Crippen LogP contribution in [0.2, 0.25) is 0 Å². The molecule has 1 saturated heterocycles. The number of rotatable bonds is 5. The molecule has 1 heterocycles. The second-order valence-electron chi connectivity index (χ2n) is 9.24. The maximum absolute atomic E-state index is 13.4. The first kappa shape index (κ1) is 19.4. The van der Waals surface area contributed by atoms with Crippen LogP contribution >= 0.6 is 0 Å². The Balaban J connectivity index is 1.68. The number of nitrogens with zero attached hydrogens (tertiary/aromatic N) is 1. The summed E-state index contributed by atoms with van der Waals surface area (Å²) in [6.45, 7) is 4.26. The van der Waals surface area contributed by atoms with E-state index < -0.39 is 33.2 Å². The Morgan fingerprint density at radius 2 is 1.93 bits per heavy atom. The lowest BCUT2D eigenvalue weighted by Crippen LogP contribution is -2.47. The lowest BCUT2D eigenvalue weighted by atomic mass is 9.69. The minimum atomic E-state index is -3.74. The quantitative estimate of drug-likeness (QED) is 0.813. The van der Waals surface area contributed by atoms with Crippen molar-refractivity contribution in [2.75, 3.05) is 5.75 Å². The van der Waals surface area contributed by atoms with Gasteiger partial charge in [0.25, 0.3) is 0 Å². The molecule has 1 spiro atoms. The van der Waals surface area contributed by atoms with Crippen LogP contribution in [-0.4, -0.2) is 41.5 Å². The summed E-state index contributed by atoms with van der Waals surface area (Å²) >= 11 is 0. The molecule has 0 unspecified atom stereocenters. The summed E-state index contributed by atoms with van der Waals surface area (Å²) < 4.78 is 27.3. The topological polar surface area (TPSA) is 91.8 Å². The van der Waals surface area contributed by atoms with Crippen LogP contribution in [0.15, 0.2) is 30.3 Å². The molecule has 1 aliphatic heterocycles. The highest BCUT2D eigenvalue weighted by molar-refractivity contribution is 7.90. The van der Waals surface area contributed by atoms with E-state index >= 15 is 0 Å². The van der Waals surface area contributed by atoms with E-state index in [1.54, 1.807) is 0 Å². The van der Waals surface area contributed by atoms with E-state index in [0.29, 0.717) is 12.3 Å².